The van der Waals surface area contributed by atoms with Crippen LogP contribution >= 0.6 is 0 Å². The number of hydrogen-bond acceptors (Lipinski definition) is 3. The number of aliphatic hydroxyl groups is 1. The average molecular weight is 345 g/mol. The number of amides is 2. The van der Waals surface area contributed by atoms with Gasteiger partial charge in [0.15, 0.2) is 0 Å². The van der Waals surface area contributed by atoms with E-state index in [-0.39, 0.29) is 24.1 Å². The van der Waals surface area contributed by atoms with Gasteiger partial charge in [-0.2, -0.15) is 0 Å². The van der Waals surface area contributed by atoms with Crippen LogP contribution in [-0.4, -0.2) is 59.3 Å². The minimum absolute atomic E-state index is 0.0480. The lowest BCUT2D eigenvalue weighted by Gasteiger charge is -2.37. The Bertz CT molecular complexity index is 541. The van der Waals surface area contributed by atoms with E-state index in [0.717, 1.165) is 51.9 Å². The molecule has 0 aromatic heterocycles. The fourth-order valence-corrected chi connectivity index (χ4v) is 3.93. The Kier molecular flexibility index (Phi) is 6.32. The first-order valence-electron chi connectivity index (χ1n) is 9.61. The topological polar surface area (TPSA) is 55.8 Å². The second-order valence-electron chi connectivity index (χ2n) is 7.57. The molecule has 2 aliphatic rings. The van der Waals surface area contributed by atoms with Gasteiger partial charge in [-0.1, -0.05) is 30.3 Å². The maximum atomic E-state index is 12.5. The van der Waals surface area contributed by atoms with Gasteiger partial charge in [0.05, 0.1) is 6.10 Å². The number of rotatable bonds is 4. The Morgan fingerprint density at radius 1 is 1.20 bits per heavy atom. The molecule has 138 valence electrons. The first kappa shape index (κ1) is 18.2. The van der Waals surface area contributed by atoms with Gasteiger partial charge in [-0.15, -0.1) is 0 Å². The predicted molar refractivity (Wildman–Crippen MR) is 99.3 cm³/mol. The Balaban J connectivity index is 1.42. The number of carbonyl (C=O) groups excluding carboxylic acids is 1. The summed E-state index contributed by atoms with van der Waals surface area (Å²) in [4.78, 5) is 16.9. The summed E-state index contributed by atoms with van der Waals surface area (Å²) in [6.07, 6.45) is 3.67. The van der Waals surface area contributed by atoms with Crippen molar-refractivity contribution in [3.63, 3.8) is 0 Å². The molecule has 25 heavy (non-hydrogen) atoms. The van der Waals surface area contributed by atoms with E-state index in [1.165, 1.54) is 5.56 Å². The second-order valence-corrected chi connectivity index (χ2v) is 7.57. The molecule has 2 amide bonds. The van der Waals surface area contributed by atoms with E-state index in [1.807, 2.05) is 17.9 Å². The first-order valence-corrected chi connectivity index (χ1v) is 9.61. The minimum Gasteiger partial charge on any atom is -0.393 e. The Hall–Kier alpha value is -1.59. The van der Waals surface area contributed by atoms with Crippen molar-refractivity contribution < 1.29 is 9.90 Å². The third-order valence-electron chi connectivity index (χ3n) is 5.59. The van der Waals surface area contributed by atoms with Crippen molar-refractivity contribution >= 4 is 6.03 Å². The first-order chi connectivity index (χ1) is 12.1. The van der Waals surface area contributed by atoms with E-state index in [2.05, 4.69) is 34.5 Å². The molecule has 2 aliphatic heterocycles. The number of likely N-dealkylation sites (tertiary alicyclic amines) is 2. The monoisotopic (exact) mass is 345 g/mol. The lowest BCUT2D eigenvalue weighted by atomic mass is 9.93. The molecule has 0 saturated carbocycles. The van der Waals surface area contributed by atoms with Gasteiger partial charge in [0.25, 0.3) is 0 Å². The van der Waals surface area contributed by atoms with E-state index in [0.29, 0.717) is 6.54 Å². The number of piperidine rings is 2. The maximum absolute atomic E-state index is 12.5. The molecule has 1 aromatic carbocycles. The number of urea groups is 1. The molecule has 2 atom stereocenters. The van der Waals surface area contributed by atoms with E-state index in [1.54, 1.807) is 0 Å². The number of hydrogen-bond donors (Lipinski definition) is 2. The van der Waals surface area contributed by atoms with Crippen LogP contribution in [0.15, 0.2) is 30.3 Å². The summed E-state index contributed by atoms with van der Waals surface area (Å²) in [6.45, 7) is 6.35. The van der Waals surface area contributed by atoms with Gasteiger partial charge in [0.2, 0.25) is 0 Å². The third kappa shape index (κ3) is 5.19. The summed E-state index contributed by atoms with van der Waals surface area (Å²) in [5.74, 6) is 0.215. The van der Waals surface area contributed by atoms with Crippen LogP contribution in [0.4, 0.5) is 4.79 Å². The summed E-state index contributed by atoms with van der Waals surface area (Å²) >= 11 is 0. The zero-order valence-electron chi connectivity index (χ0n) is 15.2. The zero-order chi connectivity index (χ0) is 17.6. The molecule has 5 nitrogen and oxygen atoms in total. The van der Waals surface area contributed by atoms with Crippen molar-refractivity contribution in [2.75, 3.05) is 26.2 Å². The normalized spacial score (nSPS) is 24.1. The van der Waals surface area contributed by atoms with Gasteiger partial charge >= 0.3 is 6.03 Å². The largest absolute Gasteiger partial charge is 0.393 e. The summed E-state index contributed by atoms with van der Waals surface area (Å²) < 4.78 is 0. The Morgan fingerprint density at radius 2 is 1.92 bits per heavy atom. The molecule has 5 heteroatoms. The van der Waals surface area contributed by atoms with Gasteiger partial charge in [-0.25, -0.2) is 4.79 Å². The van der Waals surface area contributed by atoms with Crippen LogP contribution in [0.3, 0.4) is 0 Å². The van der Waals surface area contributed by atoms with Gasteiger partial charge in [-0.3, -0.25) is 4.90 Å². The molecule has 2 saturated heterocycles. The van der Waals surface area contributed by atoms with E-state index >= 15 is 0 Å². The highest BCUT2D eigenvalue weighted by atomic mass is 16.3. The molecule has 0 aliphatic carbocycles. The molecular formula is C20H31N3O2. The minimum atomic E-state index is -0.336. The summed E-state index contributed by atoms with van der Waals surface area (Å²) in [7, 11) is 0. The number of nitrogens with one attached hydrogen (secondary N) is 1. The zero-order valence-corrected chi connectivity index (χ0v) is 15.2. The molecule has 2 heterocycles. The molecule has 0 radical (unpaired) electrons. The SMILES string of the molecule is CC(O)C1CCCN(C(=O)NC2CCN(Cc3ccccc3)CC2)C1. The Morgan fingerprint density at radius 3 is 2.60 bits per heavy atom. The number of benzene rings is 1. The highest BCUT2D eigenvalue weighted by molar-refractivity contribution is 5.74. The lowest BCUT2D eigenvalue weighted by molar-refractivity contribution is 0.0724. The van der Waals surface area contributed by atoms with E-state index < -0.39 is 0 Å². The van der Waals surface area contributed by atoms with Crippen LogP contribution in [0.2, 0.25) is 0 Å². The van der Waals surface area contributed by atoms with Crippen molar-refractivity contribution in [1.29, 1.82) is 0 Å². The highest BCUT2D eigenvalue weighted by Crippen LogP contribution is 2.20. The number of aliphatic hydroxyl groups excluding tert-OH is 1. The van der Waals surface area contributed by atoms with Gasteiger partial charge in [0, 0.05) is 44.7 Å². The van der Waals surface area contributed by atoms with Crippen LogP contribution in [0.5, 0.6) is 0 Å². The van der Waals surface area contributed by atoms with Crippen molar-refractivity contribution in [1.82, 2.24) is 15.1 Å². The van der Waals surface area contributed by atoms with Crippen molar-refractivity contribution in [2.24, 2.45) is 5.92 Å². The Labute approximate surface area is 151 Å². The quantitative estimate of drug-likeness (QED) is 0.881. The van der Waals surface area contributed by atoms with Crippen molar-refractivity contribution in [3.8, 4) is 0 Å². The molecule has 2 N–H and O–H groups in total. The van der Waals surface area contributed by atoms with Gasteiger partial charge in [0.1, 0.15) is 0 Å². The maximum Gasteiger partial charge on any atom is 0.317 e. The standard InChI is InChI=1S/C20H31N3O2/c1-16(24)18-8-5-11-23(15-18)20(25)21-19-9-12-22(13-10-19)14-17-6-3-2-4-7-17/h2-4,6-7,16,18-19,24H,5,8-15H2,1H3,(H,21,25). The molecule has 3 rings (SSSR count). The highest BCUT2D eigenvalue weighted by Gasteiger charge is 2.28. The van der Waals surface area contributed by atoms with Gasteiger partial charge in [-0.05, 0) is 38.2 Å². The molecular weight excluding hydrogens is 314 g/mol. The second kappa shape index (κ2) is 8.68. The fraction of sp³-hybridized carbons (Fsp3) is 0.650. The van der Waals surface area contributed by atoms with E-state index in [9.17, 15) is 9.90 Å². The molecule has 2 fully saturated rings. The smallest absolute Gasteiger partial charge is 0.317 e. The summed E-state index contributed by atoms with van der Waals surface area (Å²) in [5.41, 5.74) is 1.35. The number of carbonyl (C=O) groups is 1. The van der Waals surface area contributed by atoms with Crippen molar-refractivity contribution in [2.45, 2.75) is 51.3 Å². The summed E-state index contributed by atoms with van der Waals surface area (Å²) in [5, 5.41) is 13.0. The van der Waals surface area contributed by atoms with Crippen LogP contribution < -0.4 is 5.32 Å². The molecule has 0 bridgehead atoms. The van der Waals surface area contributed by atoms with E-state index in [4.69, 9.17) is 0 Å². The van der Waals surface area contributed by atoms with Crippen LogP contribution in [0.1, 0.15) is 38.2 Å². The average Bonchev–Trinajstić information content (AvgIpc) is 2.64. The van der Waals surface area contributed by atoms with Crippen LogP contribution in [0.25, 0.3) is 0 Å². The molecule has 1 aromatic rings. The van der Waals surface area contributed by atoms with Crippen molar-refractivity contribution in [3.05, 3.63) is 35.9 Å². The predicted octanol–water partition coefficient (Wildman–Crippen LogP) is 2.45. The molecule has 2 unspecified atom stereocenters. The fourth-order valence-electron chi connectivity index (χ4n) is 3.93. The lowest BCUT2D eigenvalue weighted by Crippen LogP contribution is -2.52. The molecule has 0 spiro atoms. The van der Waals surface area contributed by atoms with Crippen LogP contribution in [0, 0.1) is 5.92 Å². The van der Waals surface area contributed by atoms with Gasteiger partial charge < -0.3 is 15.3 Å². The van der Waals surface area contributed by atoms with Crippen LogP contribution in [-0.2, 0) is 6.54 Å². The third-order valence-corrected chi connectivity index (χ3v) is 5.59. The summed E-state index contributed by atoms with van der Waals surface area (Å²) in [6, 6.07) is 10.9. The number of nitrogens with zero attached hydrogens (tertiary/aromatic N) is 2.